The maximum absolute atomic E-state index is 15.0. The quantitative estimate of drug-likeness (QED) is 0.213. The lowest BCUT2D eigenvalue weighted by Gasteiger charge is -2.20. The Labute approximate surface area is 260 Å². The van der Waals surface area contributed by atoms with Crippen molar-refractivity contribution in [3.63, 3.8) is 0 Å². The van der Waals surface area contributed by atoms with E-state index in [1.165, 1.54) is 6.07 Å². The Morgan fingerprint density at radius 2 is 2.05 bits per heavy atom. The van der Waals surface area contributed by atoms with Gasteiger partial charge in [-0.2, -0.15) is 15.2 Å². The van der Waals surface area contributed by atoms with Crippen molar-refractivity contribution in [1.29, 1.82) is 5.26 Å². The molecule has 0 aliphatic carbocycles. The molecule has 0 unspecified atom stereocenters. The van der Waals surface area contributed by atoms with Crippen LogP contribution in [0.2, 0.25) is 5.02 Å². The topological polar surface area (TPSA) is 148 Å². The maximum Gasteiger partial charge on any atom is 0.319 e. The SMILES string of the molecule is CCc1nnc(CNc2nc(OC[C@@H]3CCCN3C)nc3c(Cl)c(-c4ccc(F)c5sc(N)c(C#N)c45)c4c(c23)COC4)o1. The van der Waals surface area contributed by atoms with Crippen molar-refractivity contribution in [1.82, 2.24) is 25.1 Å². The van der Waals surface area contributed by atoms with E-state index in [4.69, 9.17) is 41.2 Å². The summed E-state index contributed by atoms with van der Waals surface area (Å²) in [6.45, 7) is 4.13. The lowest BCUT2D eigenvalue weighted by Crippen LogP contribution is -2.30. The number of nitrogen functional groups attached to an aromatic ring is 1. The number of fused-ring (bicyclic) bond motifs is 4. The average molecular weight is 635 g/mol. The standard InChI is InChI=1S/C30H28ClFN8O3S/c1-3-20-38-39-21(43-20)10-35-29-24-18-13-41-12-17(18)22(15-6-7-19(32)27-23(15)16(9-33)28(34)44-27)25(31)26(24)36-30(37-29)42-11-14-5-4-8-40(14)2/h6-7,14H,3-5,8,10-13,34H2,1-2H3,(H,35,36,37)/t14-/m0/s1. The van der Waals surface area contributed by atoms with Crippen LogP contribution in [-0.4, -0.2) is 51.3 Å². The fraction of sp³-hybridized carbons (Fsp3) is 0.367. The van der Waals surface area contributed by atoms with Crippen LogP contribution < -0.4 is 15.8 Å². The van der Waals surface area contributed by atoms with E-state index in [-0.39, 0.29) is 42.4 Å². The van der Waals surface area contributed by atoms with E-state index >= 15 is 0 Å². The number of nitriles is 1. The second kappa shape index (κ2) is 11.4. The van der Waals surface area contributed by atoms with Crippen LogP contribution in [0.15, 0.2) is 16.5 Å². The van der Waals surface area contributed by atoms with Gasteiger partial charge in [-0.3, -0.25) is 0 Å². The monoisotopic (exact) mass is 634 g/mol. The summed E-state index contributed by atoms with van der Waals surface area (Å²) in [5.41, 5.74) is 9.65. The molecular formula is C30H28ClFN8O3S. The molecule has 5 heterocycles. The van der Waals surface area contributed by atoms with Gasteiger partial charge in [0, 0.05) is 23.4 Å². The van der Waals surface area contributed by atoms with Gasteiger partial charge in [0.15, 0.2) is 0 Å². The molecular weight excluding hydrogens is 607 g/mol. The number of likely N-dealkylation sites (tertiary alicyclic amines) is 1. The Kier molecular flexibility index (Phi) is 7.45. The van der Waals surface area contributed by atoms with Crippen LogP contribution in [-0.2, 0) is 30.9 Å². The van der Waals surface area contributed by atoms with Crippen LogP contribution in [0.5, 0.6) is 6.01 Å². The molecule has 44 heavy (non-hydrogen) atoms. The number of halogens is 2. The predicted molar refractivity (Wildman–Crippen MR) is 165 cm³/mol. The zero-order valence-electron chi connectivity index (χ0n) is 24.0. The smallest absolute Gasteiger partial charge is 0.319 e. The molecule has 7 rings (SSSR count). The highest BCUT2D eigenvalue weighted by Gasteiger charge is 2.30. The number of hydrogen-bond donors (Lipinski definition) is 2. The van der Waals surface area contributed by atoms with E-state index in [1.54, 1.807) is 6.07 Å². The molecule has 11 nitrogen and oxygen atoms in total. The third-order valence-electron chi connectivity index (χ3n) is 8.27. The highest BCUT2D eigenvalue weighted by Crippen LogP contribution is 2.49. The number of anilines is 2. The second-order valence-electron chi connectivity index (χ2n) is 10.9. The molecule has 1 atom stereocenters. The van der Waals surface area contributed by atoms with Crippen LogP contribution in [0.1, 0.15) is 48.2 Å². The molecule has 2 aromatic carbocycles. The zero-order chi connectivity index (χ0) is 30.5. The summed E-state index contributed by atoms with van der Waals surface area (Å²) in [6.07, 6.45) is 2.75. The molecule has 3 N–H and O–H groups in total. The van der Waals surface area contributed by atoms with Crippen LogP contribution >= 0.6 is 22.9 Å². The van der Waals surface area contributed by atoms with Gasteiger partial charge >= 0.3 is 6.01 Å². The summed E-state index contributed by atoms with van der Waals surface area (Å²) in [5.74, 6) is 0.975. The van der Waals surface area contributed by atoms with Crippen molar-refractivity contribution >= 4 is 54.7 Å². The number of thiophene rings is 1. The van der Waals surface area contributed by atoms with Crippen molar-refractivity contribution in [2.75, 3.05) is 31.2 Å². The number of nitrogens with two attached hydrogens (primary N) is 1. The summed E-state index contributed by atoms with van der Waals surface area (Å²) in [6, 6.07) is 5.55. The molecule has 1 saturated heterocycles. The Morgan fingerprint density at radius 3 is 2.80 bits per heavy atom. The van der Waals surface area contributed by atoms with Gasteiger partial charge in [-0.1, -0.05) is 24.6 Å². The summed E-state index contributed by atoms with van der Waals surface area (Å²) in [7, 11) is 2.08. The molecule has 5 aromatic rings. The first-order chi connectivity index (χ1) is 21.4. The lowest BCUT2D eigenvalue weighted by molar-refractivity contribution is 0.135. The molecule has 3 aromatic heterocycles. The molecule has 0 saturated carbocycles. The van der Waals surface area contributed by atoms with Crippen molar-refractivity contribution in [3.05, 3.63) is 51.4 Å². The largest absolute Gasteiger partial charge is 0.462 e. The number of nitrogens with one attached hydrogen (secondary N) is 1. The summed E-state index contributed by atoms with van der Waals surface area (Å²) >= 11 is 8.29. The first kappa shape index (κ1) is 28.7. The van der Waals surface area contributed by atoms with E-state index in [2.05, 4.69) is 33.5 Å². The molecule has 0 amide bonds. The minimum atomic E-state index is -0.458. The number of benzene rings is 2. The Balaban J connectivity index is 1.42. The van der Waals surface area contributed by atoms with Crippen molar-refractivity contribution in [2.24, 2.45) is 0 Å². The van der Waals surface area contributed by atoms with E-state index in [0.717, 1.165) is 41.9 Å². The Morgan fingerprint density at radius 1 is 1.23 bits per heavy atom. The lowest BCUT2D eigenvalue weighted by atomic mass is 9.91. The first-order valence-corrected chi connectivity index (χ1v) is 15.5. The predicted octanol–water partition coefficient (Wildman–Crippen LogP) is 5.82. The molecule has 0 spiro atoms. The molecule has 0 bridgehead atoms. The molecule has 0 radical (unpaired) electrons. The first-order valence-electron chi connectivity index (χ1n) is 14.3. The Hall–Kier alpha value is -4.09. The molecule has 2 aliphatic rings. The van der Waals surface area contributed by atoms with E-state index in [9.17, 15) is 9.65 Å². The van der Waals surface area contributed by atoms with E-state index in [0.29, 0.717) is 67.8 Å². The number of rotatable bonds is 8. The number of hydrogen-bond acceptors (Lipinski definition) is 12. The summed E-state index contributed by atoms with van der Waals surface area (Å²) in [4.78, 5) is 11.8. The number of ether oxygens (including phenoxy) is 2. The maximum atomic E-state index is 15.0. The number of likely N-dealkylation sites (N-methyl/N-ethyl adjacent to an activating group) is 1. The number of aromatic nitrogens is 4. The summed E-state index contributed by atoms with van der Waals surface area (Å²) in [5, 5.41) is 23.1. The van der Waals surface area contributed by atoms with Gasteiger partial charge in [-0.25, -0.2) is 4.39 Å². The molecule has 226 valence electrons. The van der Waals surface area contributed by atoms with Crippen LogP contribution in [0.3, 0.4) is 0 Å². The van der Waals surface area contributed by atoms with Crippen LogP contribution in [0.25, 0.3) is 32.1 Å². The highest BCUT2D eigenvalue weighted by molar-refractivity contribution is 7.23. The number of aryl methyl sites for hydroxylation is 1. The minimum Gasteiger partial charge on any atom is -0.462 e. The van der Waals surface area contributed by atoms with E-state index in [1.807, 2.05) is 6.92 Å². The highest BCUT2D eigenvalue weighted by atomic mass is 35.5. The molecule has 2 aliphatic heterocycles. The van der Waals surface area contributed by atoms with E-state index < -0.39 is 5.82 Å². The van der Waals surface area contributed by atoms with Crippen molar-refractivity contribution in [2.45, 2.75) is 52.0 Å². The summed E-state index contributed by atoms with van der Waals surface area (Å²) < 4.78 is 33.1. The fourth-order valence-corrected chi connectivity index (χ4v) is 7.32. The molecule has 1 fully saturated rings. The molecule has 14 heteroatoms. The zero-order valence-corrected chi connectivity index (χ0v) is 25.6. The van der Waals surface area contributed by atoms with Gasteiger partial charge in [-0.05, 0) is 49.2 Å². The minimum absolute atomic E-state index is 0.161. The Bertz CT molecular complexity index is 1970. The number of nitrogens with zero attached hydrogens (tertiary/aromatic N) is 6. The van der Waals surface area contributed by atoms with Crippen LogP contribution in [0.4, 0.5) is 15.2 Å². The second-order valence-corrected chi connectivity index (χ2v) is 12.3. The van der Waals surface area contributed by atoms with Gasteiger partial charge < -0.3 is 29.8 Å². The average Bonchev–Trinajstić information content (AvgIpc) is 3.83. The third-order valence-corrected chi connectivity index (χ3v) is 9.67. The van der Waals surface area contributed by atoms with Gasteiger partial charge in [-0.15, -0.1) is 21.5 Å². The van der Waals surface area contributed by atoms with Gasteiger partial charge in [0.05, 0.1) is 45.9 Å². The normalized spacial score (nSPS) is 16.6. The van der Waals surface area contributed by atoms with Crippen molar-refractivity contribution < 1.29 is 18.3 Å². The van der Waals surface area contributed by atoms with Gasteiger partial charge in [0.25, 0.3) is 0 Å². The van der Waals surface area contributed by atoms with Gasteiger partial charge in [0.1, 0.15) is 29.3 Å². The fourth-order valence-electron chi connectivity index (χ4n) is 6.02. The van der Waals surface area contributed by atoms with Crippen molar-refractivity contribution in [3.8, 4) is 23.2 Å². The van der Waals surface area contributed by atoms with Crippen LogP contribution in [0, 0.1) is 17.1 Å². The van der Waals surface area contributed by atoms with Gasteiger partial charge in [0.2, 0.25) is 11.8 Å². The third kappa shape index (κ3) is 4.78.